The van der Waals surface area contributed by atoms with E-state index in [0.717, 1.165) is 44.9 Å². The molecule has 1 unspecified atom stereocenters. The summed E-state index contributed by atoms with van der Waals surface area (Å²) in [5, 5.41) is 9.23. The standard InChI is InChI=1S/C23H39NO2/c1-2-18-22(21-25)19-16-14-12-10-8-6-4-3-5-7-9-11-13-15-17-20-23(24)26/h3-6,8,10,12,14,22,25H,2,7,9,11,13,15-21H2,1H3,(H2,24,26)/b5-3-,6-4-,10-8-,14-12-. The summed E-state index contributed by atoms with van der Waals surface area (Å²) in [4.78, 5) is 10.6. The zero-order chi connectivity index (χ0) is 19.3. The second-order valence-electron chi connectivity index (χ2n) is 6.81. The van der Waals surface area contributed by atoms with Gasteiger partial charge in [-0.15, -0.1) is 0 Å². The van der Waals surface area contributed by atoms with E-state index in [1.165, 1.54) is 19.3 Å². The number of nitrogens with two attached hydrogens (primary N) is 1. The summed E-state index contributed by atoms with van der Waals surface area (Å²) < 4.78 is 0. The number of primary amides is 1. The molecule has 0 fully saturated rings. The Labute approximate surface area is 160 Å². The van der Waals surface area contributed by atoms with E-state index in [4.69, 9.17) is 5.73 Å². The molecule has 0 saturated heterocycles. The molecule has 26 heavy (non-hydrogen) atoms. The number of carbonyl (C=O) groups is 1. The summed E-state index contributed by atoms with van der Waals surface area (Å²) in [5.41, 5.74) is 5.11. The van der Waals surface area contributed by atoms with Gasteiger partial charge < -0.3 is 10.8 Å². The molecule has 0 aromatic heterocycles. The lowest BCUT2D eigenvalue weighted by molar-refractivity contribution is -0.118. The highest BCUT2D eigenvalue weighted by atomic mass is 16.3. The van der Waals surface area contributed by atoms with Crippen LogP contribution >= 0.6 is 0 Å². The molecule has 0 saturated carbocycles. The number of amides is 1. The molecule has 0 aliphatic heterocycles. The van der Waals surface area contributed by atoms with Crippen LogP contribution in [0.1, 0.15) is 77.6 Å². The number of rotatable bonds is 17. The molecule has 1 amide bonds. The first-order chi connectivity index (χ1) is 12.7. The van der Waals surface area contributed by atoms with E-state index >= 15 is 0 Å². The predicted octanol–water partition coefficient (Wildman–Crippen LogP) is 5.62. The quantitative estimate of drug-likeness (QED) is 0.261. The fraction of sp³-hybridized carbons (Fsp3) is 0.609. The minimum absolute atomic E-state index is 0.188. The number of hydrogen-bond donors (Lipinski definition) is 2. The Balaban J connectivity index is 3.55. The maximum absolute atomic E-state index is 10.6. The van der Waals surface area contributed by atoms with E-state index in [0.29, 0.717) is 18.9 Å². The number of allylic oxidation sites excluding steroid dienone is 8. The molecule has 0 aromatic rings. The third kappa shape index (κ3) is 18.7. The SMILES string of the molecule is CCCC(CO)CC\C=C/C=C\C=C/C=C\CCCCCCCC(N)=O. The Morgan fingerprint density at radius 2 is 1.42 bits per heavy atom. The number of unbranched alkanes of at least 4 members (excludes halogenated alkanes) is 5. The summed E-state index contributed by atoms with van der Waals surface area (Å²) in [6.45, 7) is 2.47. The van der Waals surface area contributed by atoms with Gasteiger partial charge in [-0.2, -0.15) is 0 Å². The van der Waals surface area contributed by atoms with E-state index in [1.807, 2.05) is 18.2 Å². The van der Waals surface area contributed by atoms with Gasteiger partial charge in [-0.1, -0.05) is 81.2 Å². The van der Waals surface area contributed by atoms with Crippen molar-refractivity contribution in [2.24, 2.45) is 11.7 Å². The molecule has 0 bridgehead atoms. The molecule has 0 radical (unpaired) electrons. The van der Waals surface area contributed by atoms with Gasteiger partial charge in [0.25, 0.3) is 0 Å². The van der Waals surface area contributed by atoms with E-state index in [2.05, 4.69) is 37.3 Å². The van der Waals surface area contributed by atoms with Crippen LogP contribution in [-0.4, -0.2) is 17.6 Å². The summed E-state index contributed by atoms with van der Waals surface area (Å²) in [7, 11) is 0. The van der Waals surface area contributed by atoms with E-state index in [1.54, 1.807) is 0 Å². The first-order valence-corrected chi connectivity index (χ1v) is 10.2. The highest BCUT2D eigenvalue weighted by Crippen LogP contribution is 2.12. The first-order valence-electron chi connectivity index (χ1n) is 10.2. The molecule has 3 heteroatoms. The monoisotopic (exact) mass is 361 g/mol. The van der Waals surface area contributed by atoms with Crippen molar-refractivity contribution in [3.63, 3.8) is 0 Å². The molecule has 3 N–H and O–H groups in total. The Hall–Kier alpha value is -1.61. The Morgan fingerprint density at radius 3 is 2.04 bits per heavy atom. The topological polar surface area (TPSA) is 63.3 Å². The lowest BCUT2D eigenvalue weighted by Crippen LogP contribution is -2.09. The molecule has 1 atom stereocenters. The summed E-state index contributed by atoms with van der Waals surface area (Å²) >= 11 is 0. The highest BCUT2D eigenvalue weighted by molar-refractivity contribution is 5.73. The number of aliphatic hydroxyl groups excluding tert-OH is 1. The van der Waals surface area contributed by atoms with Crippen LogP contribution in [0.2, 0.25) is 0 Å². The molecule has 0 aromatic carbocycles. The van der Waals surface area contributed by atoms with Crippen LogP contribution in [0.5, 0.6) is 0 Å². The zero-order valence-electron chi connectivity index (χ0n) is 16.6. The average molecular weight is 362 g/mol. The summed E-state index contributed by atoms with van der Waals surface area (Å²) in [6.07, 6.45) is 28.3. The Kier molecular flexibility index (Phi) is 18.5. The van der Waals surface area contributed by atoms with Gasteiger partial charge in [0.2, 0.25) is 5.91 Å². The summed E-state index contributed by atoms with van der Waals surface area (Å²) in [5.74, 6) is 0.264. The summed E-state index contributed by atoms with van der Waals surface area (Å²) in [6, 6.07) is 0. The minimum atomic E-state index is -0.188. The van der Waals surface area contributed by atoms with Gasteiger partial charge in [0.1, 0.15) is 0 Å². The molecule has 0 spiro atoms. The third-order valence-corrected chi connectivity index (χ3v) is 4.32. The molecule has 0 aliphatic rings. The van der Waals surface area contributed by atoms with Crippen molar-refractivity contribution in [3.8, 4) is 0 Å². The van der Waals surface area contributed by atoms with Crippen LogP contribution in [0, 0.1) is 5.92 Å². The zero-order valence-corrected chi connectivity index (χ0v) is 16.6. The molecule has 148 valence electrons. The maximum atomic E-state index is 10.6. The van der Waals surface area contributed by atoms with Gasteiger partial charge in [0, 0.05) is 13.0 Å². The van der Waals surface area contributed by atoms with Crippen LogP contribution in [0.4, 0.5) is 0 Å². The van der Waals surface area contributed by atoms with Crippen LogP contribution < -0.4 is 5.73 Å². The van der Waals surface area contributed by atoms with Crippen LogP contribution in [-0.2, 0) is 4.79 Å². The fourth-order valence-corrected chi connectivity index (χ4v) is 2.77. The van der Waals surface area contributed by atoms with Gasteiger partial charge >= 0.3 is 0 Å². The van der Waals surface area contributed by atoms with Gasteiger partial charge in [-0.3, -0.25) is 4.79 Å². The fourth-order valence-electron chi connectivity index (χ4n) is 2.77. The number of carbonyl (C=O) groups excluding carboxylic acids is 1. The van der Waals surface area contributed by atoms with E-state index in [-0.39, 0.29) is 5.91 Å². The van der Waals surface area contributed by atoms with Gasteiger partial charge in [0.05, 0.1) is 0 Å². The molecular formula is C23H39NO2. The average Bonchev–Trinajstić information content (AvgIpc) is 2.63. The lowest BCUT2D eigenvalue weighted by atomic mass is 9.99. The van der Waals surface area contributed by atoms with Crippen molar-refractivity contribution in [1.29, 1.82) is 0 Å². The second-order valence-corrected chi connectivity index (χ2v) is 6.81. The largest absolute Gasteiger partial charge is 0.396 e. The van der Waals surface area contributed by atoms with Crippen molar-refractivity contribution < 1.29 is 9.90 Å². The molecule has 0 rings (SSSR count). The van der Waals surface area contributed by atoms with Crippen molar-refractivity contribution in [1.82, 2.24) is 0 Å². The van der Waals surface area contributed by atoms with Crippen molar-refractivity contribution in [2.45, 2.75) is 77.6 Å². The third-order valence-electron chi connectivity index (χ3n) is 4.32. The number of aliphatic hydroxyl groups is 1. The smallest absolute Gasteiger partial charge is 0.217 e. The second kappa shape index (κ2) is 19.7. The number of hydrogen-bond acceptors (Lipinski definition) is 2. The lowest BCUT2D eigenvalue weighted by Gasteiger charge is -2.10. The van der Waals surface area contributed by atoms with Crippen LogP contribution in [0.25, 0.3) is 0 Å². The minimum Gasteiger partial charge on any atom is -0.396 e. The van der Waals surface area contributed by atoms with Crippen molar-refractivity contribution in [3.05, 3.63) is 48.6 Å². The molecular weight excluding hydrogens is 322 g/mol. The highest BCUT2D eigenvalue weighted by Gasteiger charge is 2.03. The van der Waals surface area contributed by atoms with Gasteiger partial charge in [0.15, 0.2) is 0 Å². The van der Waals surface area contributed by atoms with Crippen molar-refractivity contribution in [2.75, 3.05) is 6.61 Å². The molecule has 0 aliphatic carbocycles. The maximum Gasteiger partial charge on any atom is 0.217 e. The van der Waals surface area contributed by atoms with E-state index < -0.39 is 0 Å². The van der Waals surface area contributed by atoms with Crippen molar-refractivity contribution >= 4 is 5.91 Å². The normalized spacial score (nSPS) is 13.6. The Morgan fingerprint density at radius 1 is 0.846 bits per heavy atom. The van der Waals surface area contributed by atoms with Gasteiger partial charge in [-0.05, 0) is 44.4 Å². The molecule has 3 nitrogen and oxygen atoms in total. The van der Waals surface area contributed by atoms with Crippen LogP contribution in [0.15, 0.2) is 48.6 Å². The predicted molar refractivity (Wildman–Crippen MR) is 113 cm³/mol. The van der Waals surface area contributed by atoms with Crippen LogP contribution in [0.3, 0.4) is 0 Å². The Bertz CT molecular complexity index is 435. The van der Waals surface area contributed by atoms with Gasteiger partial charge in [-0.25, -0.2) is 0 Å². The van der Waals surface area contributed by atoms with E-state index in [9.17, 15) is 9.90 Å². The molecule has 0 heterocycles. The first kappa shape index (κ1) is 24.4.